The van der Waals surface area contributed by atoms with Crippen LogP contribution >= 0.6 is 0 Å². The number of fused-ring (bicyclic) bond motifs is 2. The molecule has 0 unspecified atom stereocenters. The summed E-state index contributed by atoms with van der Waals surface area (Å²) in [6.07, 6.45) is 4.78. The third kappa shape index (κ3) is 6.89. The number of allylic oxidation sites excluding steroid dienone is 3. The zero-order valence-electron chi connectivity index (χ0n) is 24.7. The van der Waals surface area contributed by atoms with E-state index in [1.807, 2.05) is 45.1 Å². The van der Waals surface area contributed by atoms with E-state index < -0.39 is 11.9 Å². The molecule has 1 aromatic rings. The van der Waals surface area contributed by atoms with Crippen molar-refractivity contribution < 1.29 is 23.5 Å². The monoisotopic (exact) mass is 544 g/mol. The van der Waals surface area contributed by atoms with E-state index in [9.17, 15) is 9.59 Å². The number of carbonyl (C=O) groups excluding carboxylic acids is 2. The topological polar surface area (TPSA) is 90.1 Å². The lowest BCUT2D eigenvalue weighted by atomic mass is 9.89. The number of anilines is 1. The number of nitrogens with zero attached hydrogens (tertiary/aromatic N) is 1. The Morgan fingerprint density at radius 2 is 1.70 bits per heavy atom. The molecule has 1 aliphatic heterocycles. The van der Waals surface area contributed by atoms with Crippen molar-refractivity contribution in [3.05, 3.63) is 76.2 Å². The van der Waals surface area contributed by atoms with Crippen molar-refractivity contribution in [1.29, 1.82) is 0 Å². The van der Waals surface area contributed by atoms with E-state index in [4.69, 9.17) is 13.9 Å². The Hall–Kier alpha value is -4.13. The maximum atomic E-state index is 13.3. The number of rotatable bonds is 11. The quantitative estimate of drug-likeness (QED) is 0.0928. The van der Waals surface area contributed by atoms with Gasteiger partial charge in [0.1, 0.15) is 24.6 Å². The van der Waals surface area contributed by atoms with Crippen LogP contribution in [0.5, 0.6) is 0 Å². The average Bonchev–Trinajstić information content (AvgIpc) is 2.92. The molecule has 0 amide bonds. The van der Waals surface area contributed by atoms with E-state index in [0.29, 0.717) is 29.0 Å². The first-order chi connectivity index (χ1) is 19.1. The van der Waals surface area contributed by atoms with E-state index in [-0.39, 0.29) is 13.2 Å². The summed E-state index contributed by atoms with van der Waals surface area (Å²) in [5.41, 5.74) is 7.03. The molecule has 1 N–H and O–H groups in total. The molecule has 0 bridgehead atoms. The van der Waals surface area contributed by atoms with Gasteiger partial charge in [0.2, 0.25) is 0 Å². The molecule has 1 heterocycles. The van der Waals surface area contributed by atoms with Gasteiger partial charge in [0.25, 0.3) is 0 Å². The molecule has 40 heavy (non-hydrogen) atoms. The summed E-state index contributed by atoms with van der Waals surface area (Å²) in [5.74, 6) is -0.320. The normalized spacial score (nSPS) is 12.6. The highest BCUT2D eigenvalue weighted by atomic mass is 16.6. The predicted molar refractivity (Wildman–Crippen MR) is 161 cm³/mol. The molecular weight excluding hydrogens is 504 g/mol. The number of esters is 2. The highest BCUT2D eigenvalue weighted by Gasteiger charge is 2.23. The van der Waals surface area contributed by atoms with Gasteiger partial charge in [0, 0.05) is 58.6 Å². The van der Waals surface area contributed by atoms with Crippen LogP contribution in [0.1, 0.15) is 57.7 Å². The van der Waals surface area contributed by atoms with Crippen LogP contribution in [-0.4, -0.2) is 38.2 Å². The van der Waals surface area contributed by atoms with Crippen LogP contribution in [-0.2, 0) is 19.1 Å². The third-order valence-electron chi connectivity index (χ3n) is 6.48. The minimum Gasteiger partial charge on any atom is -0.459 e. The Labute approximate surface area is 236 Å². The molecule has 0 saturated carbocycles. The Balaban J connectivity index is 2.27. The zero-order valence-corrected chi connectivity index (χ0v) is 24.7. The number of hydrogen-bond acceptors (Lipinski definition) is 7. The first kappa shape index (κ1) is 30.4. The van der Waals surface area contributed by atoms with Gasteiger partial charge in [0.15, 0.2) is 0 Å². The van der Waals surface area contributed by atoms with Crippen LogP contribution in [0, 0.1) is 13.8 Å². The fourth-order valence-corrected chi connectivity index (χ4v) is 4.44. The smallest absolute Gasteiger partial charge is 0.334 e. The van der Waals surface area contributed by atoms with Crippen molar-refractivity contribution in [3.63, 3.8) is 0 Å². The van der Waals surface area contributed by atoms with Crippen molar-refractivity contribution in [2.24, 2.45) is 4.99 Å². The second kappa shape index (κ2) is 13.8. The second-order valence-electron chi connectivity index (χ2n) is 9.68. The lowest BCUT2D eigenvalue weighted by Crippen LogP contribution is -2.15. The maximum absolute atomic E-state index is 13.3. The van der Waals surface area contributed by atoms with E-state index >= 15 is 0 Å². The Morgan fingerprint density at radius 3 is 2.33 bits per heavy atom. The summed E-state index contributed by atoms with van der Waals surface area (Å²) < 4.78 is 17.0. The minimum atomic E-state index is -0.516. The summed E-state index contributed by atoms with van der Waals surface area (Å²) >= 11 is 0. The van der Waals surface area contributed by atoms with Crippen LogP contribution in [0.25, 0.3) is 27.9 Å². The van der Waals surface area contributed by atoms with Gasteiger partial charge in [-0.2, -0.15) is 0 Å². The van der Waals surface area contributed by atoms with Crippen molar-refractivity contribution in [1.82, 2.24) is 0 Å². The molecule has 7 heteroatoms. The number of aryl methyl sites for hydroxylation is 2. The standard InChI is InChI=1S/C33H40N2O5/c1-9-12-13-24(23(8)33(37)39-15-14-38-32(36)20(4)5)31-25-16-21(6)27(34-10-2)18-29(25)40-30-19-28(35-11-3)22(7)17-26(30)31/h12-13,16-19,34H,4,9-11,14-15H2,1-3,5-8H3/b13-12-,24-23-,35-28?. The van der Waals surface area contributed by atoms with Gasteiger partial charge in [-0.25, -0.2) is 9.59 Å². The van der Waals surface area contributed by atoms with E-state index in [1.165, 1.54) is 0 Å². The molecule has 1 aliphatic carbocycles. The lowest BCUT2D eigenvalue weighted by molar-refractivity contribution is -0.147. The molecule has 0 radical (unpaired) electrons. The fourth-order valence-electron chi connectivity index (χ4n) is 4.44. The van der Waals surface area contributed by atoms with Crippen molar-refractivity contribution in [3.8, 4) is 11.3 Å². The Kier molecular flexibility index (Phi) is 10.5. The summed E-state index contributed by atoms with van der Waals surface area (Å²) in [4.78, 5) is 29.6. The minimum absolute atomic E-state index is 0.0454. The van der Waals surface area contributed by atoms with Crippen molar-refractivity contribution >= 4 is 34.2 Å². The number of hydrogen-bond donors (Lipinski definition) is 1. The van der Waals surface area contributed by atoms with Crippen LogP contribution in [0.2, 0.25) is 0 Å². The molecule has 0 saturated heterocycles. The number of carbonyl (C=O) groups is 2. The molecule has 1 aromatic carbocycles. The van der Waals surface area contributed by atoms with Crippen LogP contribution < -0.4 is 10.7 Å². The molecule has 0 atom stereocenters. The number of ether oxygens (including phenoxy) is 2. The largest absolute Gasteiger partial charge is 0.459 e. The van der Waals surface area contributed by atoms with Gasteiger partial charge in [-0.05, 0) is 76.8 Å². The van der Waals surface area contributed by atoms with Crippen molar-refractivity contribution in [2.75, 3.05) is 31.6 Å². The molecule has 0 fully saturated rings. The maximum Gasteiger partial charge on any atom is 0.334 e. The molecule has 3 rings (SSSR count). The van der Waals surface area contributed by atoms with Crippen molar-refractivity contribution in [2.45, 2.75) is 54.9 Å². The van der Waals surface area contributed by atoms with Crippen LogP contribution in [0.4, 0.5) is 5.69 Å². The molecule has 212 valence electrons. The lowest BCUT2D eigenvalue weighted by Gasteiger charge is -2.20. The second-order valence-corrected chi connectivity index (χ2v) is 9.68. The van der Waals surface area contributed by atoms with Gasteiger partial charge >= 0.3 is 11.9 Å². The number of benzene rings is 2. The van der Waals surface area contributed by atoms with Gasteiger partial charge in [0.05, 0.1) is 5.36 Å². The predicted octanol–water partition coefficient (Wildman–Crippen LogP) is 6.91. The number of nitrogens with one attached hydrogen (secondary N) is 1. The highest BCUT2D eigenvalue weighted by molar-refractivity contribution is 6.08. The average molecular weight is 545 g/mol. The Morgan fingerprint density at radius 1 is 1.00 bits per heavy atom. The molecule has 0 spiro atoms. The molecule has 7 nitrogen and oxygen atoms in total. The van der Waals surface area contributed by atoms with Crippen LogP contribution in [0.3, 0.4) is 0 Å². The Bertz CT molecular complexity index is 1520. The summed E-state index contributed by atoms with van der Waals surface area (Å²) in [5, 5.41) is 5.17. The first-order valence-corrected chi connectivity index (χ1v) is 13.8. The van der Waals surface area contributed by atoms with E-state index in [2.05, 4.69) is 42.9 Å². The van der Waals surface area contributed by atoms with Gasteiger partial charge in [-0.3, -0.25) is 4.99 Å². The summed E-state index contributed by atoms with van der Waals surface area (Å²) in [6, 6.07) is 8.15. The molecule has 2 aliphatic rings. The first-order valence-electron chi connectivity index (χ1n) is 13.8. The van der Waals surface area contributed by atoms with Gasteiger partial charge < -0.3 is 19.2 Å². The van der Waals surface area contributed by atoms with Crippen LogP contribution in [0.15, 0.2) is 63.6 Å². The molecule has 0 aromatic heterocycles. The summed E-state index contributed by atoms with van der Waals surface area (Å²) in [7, 11) is 0. The highest BCUT2D eigenvalue weighted by Crippen LogP contribution is 2.41. The summed E-state index contributed by atoms with van der Waals surface area (Å²) in [6.45, 7) is 18.4. The zero-order chi connectivity index (χ0) is 29.4. The molecular formula is C33H40N2O5. The third-order valence-corrected chi connectivity index (χ3v) is 6.48. The van der Waals surface area contributed by atoms with Gasteiger partial charge in [-0.1, -0.05) is 25.7 Å². The van der Waals surface area contributed by atoms with E-state index in [0.717, 1.165) is 57.2 Å². The SMILES string of the molecule is C=C(C)C(=O)OCCOC(=O)/C(C)=C(/C=C\CC)c1c2cc(C)c(=NCC)cc-2oc2cc(NCC)c(C)cc12. The fraction of sp³-hybridized carbons (Fsp3) is 0.364. The van der Waals surface area contributed by atoms with Gasteiger partial charge in [-0.15, -0.1) is 0 Å². The van der Waals surface area contributed by atoms with E-state index in [1.54, 1.807) is 13.8 Å².